The van der Waals surface area contributed by atoms with Crippen molar-refractivity contribution in [3.05, 3.63) is 130 Å². The lowest BCUT2D eigenvalue weighted by atomic mass is 10.1. The fraction of sp³-hybridized carbons (Fsp3) is 0.222. The van der Waals surface area contributed by atoms with Gasteiger partial charge < -0.3 is 25.6 Å². The lowest BCUT2D eigenvalue weighted by Crippen LogP contribution is -2.43. The first-order valence-corrected chi connectivity index (χ1v) is 17.5. The number of carbonyl (C=O) groups is 4. The summed E-state index contributed by atoms with van der Waals surface area (Å²) >= 11 is 14.4. The Bertz CT molecular complexity index is 1620. The monoisotopic (exact) mass is 744 g/mol. The van der Waals surface area contributed by atoms with Gasteiger partial charge in [-0.25, -0.2) is 4.79 Å². The number of hydrogen-bond acceptors (Lipinski definition) is 9. The number of amides is 1. The predicted octanol–water partition coefficient (Wildman–Crippen LogP) is 6.58. The summed E-state index contributed by atoms with van der Waals surface area (Å²) in [5.41, 5.74) is 7.58. The number of ether oxygens (including phenoxy) is 2. The average Bonchev–Trinajstić information content (AvgIpc) is 3.11. The van der Waals surface area contributed by atoms with Gasteiger partial charge in [0.2, 0.25) is 5.91 Å². The van der Waals surface area contributed by atoms with E-state index in [2.05, 4.69) is 10.1 Å². The third kappa shape index (κ3) is 16.8. The number of halogens is 2. The van der Waals surface area contributed by atoms with E-state index in [4.69, 9.17) is 38.8 Å². The second kappa shape index (κ2) is 23.4. The van der Waals surface area contributed by atoms with Crippen molar-refractivity contribution >= 4 is 70.5 Å². The summed E-state index contributed by atoms with van der Waals surface area (Å²) in [7, 11) is 2.65. The molecule has 0 unspecified atom stereocenters. The zero-order valence-electron chi connectivity index (χ0n) is 26.9. The minimum atomic E-state index is -0.833. The second-order valence-electron chi connectivity index (χ2n) is 9.98. The molecule has 4 aromatic rings. The SMILES string of the molecule is COC(=O)[C@@H](Cc1ccccc1)NC(=O)CSc1ccccc1Cl.COC(=O)[C@H](N)Cc1ccccc1.O=C(O)CSc1ccccc1Cl. The first-order valence-electron chi connectivity index (χ1n) is 14.8. The summed E-state index contributed by atoms with van der Waals surface area (Å²) in [6.45, 7) is 0. The quantitative estimate of drug-likeness (QED) is 0.101. The number of hydrogen-bond donors (Lipinski definition) is 3. The van der Waals surface area contributed by atoms with Crippen molar-refractivity contribution < 1.29 is 33.8 Å². The Labute approximate surface area is 304 Å². The molecule has 13 heteroatoms. The summed E-state index contributed by atoms with van der Waals surface area (Å²) in [5.74, 6) is -1.69. The maximum absolute atomic E-state index is 12.2. The van der Waals surface area contributed by atoms with E-state index >= 15 is 0 Å². The molecule has 0 aromatic heterocycles. The molecule has 260 valence electrons. The first-order chi connectivity index (χ1) is 23.5. The van der Waals surface area contributed by atoms with Crippen LogP contribution in [0.4, 0.5) is 0 Å². The van der Waals surface area contributed by atoms with E-state index in [0.29, 0.717) is 22.9 Å². The minimum Gasteiger partial charge on any atom is -0.481 e. The fourth-order valence-electron chi connectivity index (χ4n) is 3.93. The van der Waals surface area contributed by atoms with Gasteiger partial charge in [0.05, 0.1) is 35.8 Å². The third-order valence-electron chi connectivity index (χ3n) is 6.29. The van der Waals surface area contributed by atoms with Gasteiger partial charge in [0.15, 0.2) is 0 Å². The van der Waals surface area contributed by atoms with Crippen LogP contribution < -0.4 is 11.1 Å². The van der Waals surface area contributed by atoms with Gasteiger partial charge in [-0.2, -0.15) is 0 Å². The van der Waals surface area contributed by atoms with E-state index in [1.807, 2.05) is 91.0 Å². The van der Waals surface area contributed by atoms with Crippen LogP contribution in [0.3, 0.4) is 0 Å². The molecule has 4 rings (SSSR count). The largest absolute Gasteiger partial charge is 0.481 e. The number of thioether (sulfide) groups is 2. The maximum atomic E-state index is 12.2. The molecular weight excluding hydrogens is 707 g/mol. The molecule has 1 amide bonds. The second-order valence-corrected chi connectivity index (χ2v) is 12.8. The van der Waals surface area contributed by atoms with Crippen LogP contribution in [0.2, 0.25) is 10.0 Å². The number of benzene rings is 4. The van der Waals surface area contributed by atoms with Crippen molar-refractivity contribution in [1.82, 2.24) is 5.32 Å². The molecule has 4 N–H and O–H groups in total. The average molecular weight is 746 g/mol. The lowest BCUT2D eigenvalue weighted by molar-refractivity contribution is -0.144. The number of rotatable bonds is 13. The smallest absolute Gasteiger partial charge is 0.328 e. The molecule has 4 aromatic carbocycles. The normalized spacial score (nSPS) is 11.3. The highest BCUT2D eigenvalue weighted by Gasteiger charge is 2.22. The molecule has 0 aliphatic heterocycles. The highest BCUT2D eigenvalue weighted by atomic mass is 35.5. The molecule has 0 heterocycles. The van der Waals surface area contributed by atoms with Gasteiger partial charge in [0, 0.05) is 16.2 Å². The predicted molar refractivity (Wildman–Crippen MR) is 196 cm³/mol. The number of carboxylic acids is 1. The van der Waals surface area contributed by atoms with Gasteiger partial charge in [-0.3, -0.25) is 14.4 Å². The molecule has 0 aliphatic carbocycles. The zero-order valence-corrected chi connectivity index (χ0v) is 30.1. The summed E-state index contributed by atoms with van der Waals surface area (Å²) in [6, 6.07) is 32.3. The van der Waals surface area contributed by atoms with E-state index in [0.717, 1.165) is 20.9 Å². The van der Waals surface area contributed by atoms with Gasteiger partial charge in [0.25, 0.3) is 0 Å². The molecule has 0 radical (unpaired) electrons. The van der Waals surface area contributed by atoms with Crippen LogP contribution >= 0.6 is 46.7 Å². The Morgan fingerprint density at radius 1 is 0.673 bits per heavy atom. The molecule has 49 heavy (non-hydrogen) atoms. The number of carbonyl (C=O) groups excluding carboxylic acids is 3. The van der Waals surface area contributed by atoms with Crippen molar-refractivity contribution in [1.29, 1.82) is 0 Å². The Hall–Kier alpha value is -4.00. The number of nitrogens with two attached hydrogens (primary N) is 1. The van der Waals surface area contributed by atoms with E-state index in [-0.39, 0.29) is 23.4 Å². The van der Waals surface area contributed by atoms with Crippen LogP contribution in [-0.2, 0) is 41.5 Å². The van der Waals surface area contributed by atoms with E-state index in [9.17, 15) is 19.2 Å². The maximum Gasteiger partial charge on any atom is 0.328 e. The first kappa shape index (κ1) is 41.2. The van der Waals surface area contributed by atoms with E-state index in [1.165, 1.54) is 37.7 Å². The number of nitrogens with one attached hydrogen (secondary N) is 1. The summed E-state index contributed by atoms with van der Waals surface area (Å²) in [5, 5.41) is 12.3. The van der Waals surface area contributed by atoms with Crippen LogP contribution in [0, 0.1) is 0 Å². The summed E-state index contributed by atoms with van der Waals surface area (Å²) < 4.78 is 9.31. The molecular formula is C36H38Cl2N2O7S2. The molecule has 0 saturated carbocycles. The molecule has 0 saturated heterocycles. The number of carboxylic acid groups (broad SMARTS) is 1. The summed E-state index contributed by atoms with van der Waals surface area (Å²) in [4.78, 5) is 46.9. The Balaban J connectivity index is 0.000000281. The van der Waals surface area contributed by atoms with Gasteiger partial charge in [-0.15, -0.1) is 23.5 Å². The van der Waals surface area contributed by atoms with Crippen LogP contribution in [0.15, 0.2) is 119 Å². The Morgan fingerprint density at radius 2 is 1.10 bits per heavy atom. The summed E-state index contributed by atoms with van der Waals surface area (Å²) in [6.07, 6.45) is 0.906. The third-order valence-corrected chi connectivity index (χ3v) is 9.30. The van der Waals surface area contributed by atoms with Crippen molar-refractivity contribution in [3.8, 4) is 0 Å². The van der Waals surface area contributed by atoms with Crippen LogP contribution in [0.5, 0.6) is 0 Å². The molecule has 0 fully saturated rings. The van der Waals surface area contributed by atoms with Crippen LogP contribution in [0.25, 0.3) is 0 Å². The van der Waals surface area contributed by atoms with Gasteiger partial charge >= 0.3 is 17.9 Å². The van der Waals surface area contributed by atoms with E-state index in [1.54, 1.807) is 18.2 Å². The highest BCUT2D eigenvalue weighted by molar-refractivity contribution is 8.00. The van der Waals surface area contributed by atoms with Crippen LogP contribution in [0.1, 0.15) is 11.1 Å². The lowest BCUT2D eigenvalue weighted by Gasteiger charge is -2.16. The van der Waals surface area contributed by atoms with Crippen molar-refractivity contribution in [3.63, 3.8) is 0 Å². The molecule has 9 nitrogen and oxygen atoms in total. The molecule has 0 aliphatic rings. The number of esters is 2. The standard InChI is InChI=1S/C18H18ClNO3S.C10H13NO2.C8H7ClO2S/c1-23-18(22)15(11-13-7-3-2-4-8-13)20-17(21)12-24-16-10-6-5-9-14(16)19;1-13-10(12)9(11)7-8-5-3-2-4-6-8;9-6-3-1-2-4-7(6)12-5-8(10)11/h2-10,15H,11-12H2,1H3,(H,20,21);2-6,9H,7,11H2,1H3;1-4H,5H2,(H,10,11)/t15-;9-;/m11./s1. The minimum absolute atomic E-state index is 0.0454. The van der Waals surface area contributed by atoms with Crippen molar-refractivity contribution in [2.45, 2.75) is 34.7 Å². The zero-order chi connectivity index (χ0) is 36.0. The van der Waals surface area contributed by atoms with Crippen LogP contribution in [-0.4, -0.2) is 66.7 Å². The Kier molecular flexibility index (Phi) is 19.6. The number of methoxy groups -OCH3 is 2. The Morgan fingerprint density at radius 3 is 1.55 bits per heavy atom. The topological polar surface area (TPSA) is 145 Å². The molecule has 0 spiro atoms. The van der Waals surface area contributed by atoms with Crippen molar-refractivity contribution in [2.24, 2.45) is 5.73 Å². The van der Waals surface area contributed by atoms with E-state index < -0.39 is 24.0 Å². The van der Waals surface area contributed by atoms with Gasteiger partial charge in [-0.1, -0.05) is 108 Å². The van der Waals surface area contributed by atoms with Gasteiger partial charge in [-0.05, 0) is 41.8 Å². The molecule has 0 bridgehead atoms. The molecule has 2 atom stereocenters. The van der Waals surface area contributed by atoms with Gasteiger partial charge in [0.1, 0.15) is 12.1 Å². The fourth-order valence-corrected chi connectivity index (χ4v) is 5.94. The van der Waals surface area contributed by atoms with Crippen molar-refractivity contribution in [2.75, 3.05) is 25.7 Å². The number of aliphatic carboxylic acids is 1. The highest BCUT2D eigenvalue weighted by Crippen LogP contribution is 2.27.